The molecule has 0 spiro atoms. The van der Waals surface area contributed by atoms with Crippen molar-refractivity contribution in [1.29, 1.82) is 0 Å². The summed E-state index contributed by atoms with van der Waals surface area (Å²) in [5, 5.41) is 4.83. The average molecular weight is 822 g/mol. The topological polar surface area (TPSA) is 16.4 Å². The van der Waals surface area contributed by atoms with Crippen LogP contribution in [0.25, 0.3) is 97.7 Å². The van der Waals surface area contributed by atoms with E-state index in [0.29, 0.717) is 0 Å². The summed E-state index contributed by atoms with van der Waals surface area (Å²) in [5.74, 6) is 0. The van der Waals surface area contributed by atoms with Crippen LogP contribution < -0.4 is 4.90 Å². The molecule has 0 aliphatic heterocycles. The highest BCUT2D eigenvalue weighted by atomic mass is 32.1. The number of para-hydroxylation sites is 2. The van der Waals surface area contributed by atoms with Gasteiger partial charge in [0.25, 0.3) is 0 Å². The Balaban J connectivity index is 1.13. The molecule has 0 saturated carbocycles. The number of hydrogen-bond acceptors (Lipinski definition) is 3. The van der Waals surface area contributed by atoms with E-state index < -0.39 is 0 Å². The molecule has 0 unspecified atom stereocenters. The van der Waals surface area contributed by atoms with E-state index >= 15 is 0 Å². The lowest BCUT2D eigenvalue weighted by molar-refractivity contribution is 0.670. The Morgan fingerprint density at radius 2 is 0.841 bits per heavy atom. The van der Waals surface area contributed by atoms with Crippen molar-refractivity contribution in [3.05, 3.63) is 237 Å². The summed E-state index contributed by atoms with van der Waals surface area (Å²) in [6.07, 6.45) is 0. The Morgan fingerprint density at radius 1 is 0.333 bits per heavy atom. The van der Waals surface area contributed by atoms with E-state index in [1.807, 2.05) is 17.4 Å². The van der Waals surface area contributed by atoms with Crippen LogP contribution in [0.3, 0.4) is 0 Å². The van der Waals surface area contributed by atoms with Crippen molar-refractivity contribution in [3.63, 3.8) is 0 Å². The Labute approximate surface area is 370 Å². The molecule has 10 aromatic carbocycles. The maximum Gasteiger partial charge on any atom is 0.143 e. The Kier molecular flexibility index (Phi) is 9.06. The molecule has 2 aromatic heterocycles. The SMILES string of the molecule is c1ccc(-c2ccccc2-c2c(-c3ccccc3)cccc2N(c2cccc(-c3cccc4c3oc3ccccc34)c2)c2cccc(-c3cccc4c3sc3ccccc34)c2)cc1. The highest BCUT2D eigenvalue weighted by Gasteiger charge is 2.24. The van der Waals surface area contributed by atoms with Gasteiger partial charge in [0.2, 0.25) is 0 Å². The van der Waals surface area contributed by atoms with Gasteiger partial charge in [-0.3, -0.25) is 0 Å². The predicted molar refractivity (Wildman–Crippen MR) is 268 cm³/mol. The van der Waals surface area contributed by atoms with Gasteiger partial charge >= 0.3 is 0 Å². The van der Waals surface area contributed by atoms with Gasteiger partial charge in [-0.25, -0.2) is 0 Å². The predicted octanol–water partition coefficient (Wildman–Crippen LogP) is 17.8. The first-order chi connectivity index (χ1) is 31.3. The highest BCUT2D eigenvalue weighted by molar-refractivity contribution is 7.26. The summed E-state index contributed by atoms with van der Waals surface area (Å²) in [6, 6.07) is 85.5. The first-order valence-corrected chi connectivity index (χ1v) is 22.2. The fourth-order valence-corrected chi connectivity index (χ4v) is 10.7. The molecule has 0 N–H and O–H groups in total. The van der Waals surface area contributed by atoms with Crippen LogP contribution in [0.15, 0.2) is 241 Å². The molecule has 63 heavy (non-hydrogen) atoms. The monoisotopic (exact) mass is 821 g/mol. The van der Waals surface area contributed by atoms with Crippen LogP contribution in [0, 0.1) is 0 Å². The minimum atomic E-state index is 0.891. The molecule has 0 atom stereocenters. The molecule has 2 nitrogen and oxygen atoms in total. The summed E-state index contributed by atoms with van der Waals surface area (Å²) in [6.45, 7) is 0. The van der Waals surface area contributed by atoms with Crippen LogP contribution in [0.2, 0.25) is 0 Å². The molecule has 12 aromatic rings. The fourth-order valence-electron chi connectivity index (χ4n) is 9.44. The first kappa shape index (κ1) is 36.8. The van der Waals surface area contributed by atoms with Crippen molar-refractivity contribution >= 4 is 70.5 Å². The molecule has 0 fully saturated rings. The third kappa shape index (κ3) is 6.41. The summed E-state index contributed by atoms with van der Waals surface area (Å²) in [7, 11) is 0. The van der Waals surface area contributed by atoms with Gasteiger partial charge in [0.15, 0.2) is 0 Å². The quantitative estimate of drug-likeness (QED) is 0.152. The van der Waals surface area contributed by atoms with E-state index in [0.717, 1.165) is 72.4 Å². The first-order valence-electron chi connectivity index (χ1n) is 21.4. The standard InChI is InChI=1S/C60H39NOS/c1-3-18-40(19-4-1)46-26-7-8-29-52(46)58-47(41-20-5-2-6-21-41)30-17-35-55(58)61(44-24-13-22-42(38-44)48-31-15-33-53-50-27-9-11-36-56(50)62-59(48)53)45-25-14-23-43(39-45)49-32-16-34-54-51-28-10-12-37-57(51)63-60(49)54/h1-39H. The van der Waals surface area contributed by atoms with Crippen molar-refractivity contribution in [1.82, 2.24) is 0 Å². The zero-order valence-corrected chi connectivity index (χ0v) is 35.1. The molecule has 0 aliphatic carbocycles. The zero-order valence-electron chi connectivity index (χ0n) is 34.3. The summed E-state index contributed by atoms with van der Waals surface area (Å²) >= 11 is 1.87. The van der Waals surface area contributed by atoms with Crippen LogP contribution in [0.4, 0.5) is 17.1 Å². The highest BCUT2D eigenvalue weighted by Crippen LogP contribution is 2.50. The number of furan rings is 1. The van der Waals surface area contributed by atoms with Crippen molar-refractivity contribution in [2.75, 3.05) is 4.90 Å². The van der Waals surface area contributed by atoms with Gasteiger partial charge in [-0.05, 0) is 87.0 Å². The number of thiophene rings is 1. The van der Waals surface area contributed by atoms with Crippen molar-refractivity contribution in [3.8, 4) is 55.6 Å². The van der Waals surface area contributed by atoms with Gasteiger partial charge < -0.3 is 9.32 Å². The molecule has 3 heteroatoms. The second-order valence-electron chi connectivity index (χ2n) is 16.0. The zero-order chi connectivity index (χ0) is 41.7. The van der Waals surface area contributed by atoms with Gasteiger partial charge in [-0.2, -0.15) is 0 Å². The lowest BCUT2D eigenvalue weighted by Crippen LogP contribution is -2.12. The van der Waals surface area contributed by atoms with Crippen LogP contribution in [-0.4, -0.2) is 0 Å². The average Bonchev–Trinajstić information content (AvgIpc) is 3.94. The largest absolute Gasteiger partial charge is 0.455 e. The van der Waals surface area contributed by atoms with Gasteiger partial charge in [0.05, 0.1) is 5.69 Å². The molecule has 12 rings (SSSR count). The van der Waals surface area contributed by atoms with E-state index in [1.165, 1.54) is 42.4 Å². The van der Waals surface area contributed by atoms with E-state index in [1.54, 1.807) is 0 Å². The maximum atomic E-state index is 6.61. The summed E-state index contributed by atoms with van der Waals surface area (Å²) in [5.41, 5.74) is 16.5. The summed E-state index contributed by atoms with van der Waals surface area (Å²) < 4.78 is 9.21. The van der Waals surface area contributed by atoms with Crippen LogP contribution in [-0.2, 0) is 0 Å². The Bertz CT molecular complexity index is 3480. The van der Waals surface area contributed by atoms with Crippen molar-refractivity contribution in [2.45, 2.75) is 0 Å². The molecular formula is C60H39NOS. The molecule has 0 bridgehead atoms. The fraction of sp³-hybridized carbons (Fsp3) is 0. The van der Waals surface area contributed by atoms with E-state index in [2.05, 4.69) is 235 Å². The second kappa shape index (κ2) is 15.5. The normalized spacial score (nSPS) is 11.5. The number of rotatable bonds is 8. The van der Waals surface area contributed by atoms with Gasteiger partial charge in [-0.1, -0.05) is 194 Å². The lowest BCUT2D eigenvalue weighted by atomic mass is 9.87. The third-order valence-corrected chi connectivity index (χ3v) is 13.5. The van der Waals surface area contributed by atoms with E-state index in [9.17, 15) is 0 Å². The minimum Gasteiger partial charge on any atom is -0.455 e. The molecule has 0 aliphatic rings. The van der Waals surface area contributed by atoms with E-state index in [-0.39, 0.29) is 0 Å². The van der Waals surface area contributed by atoms with E-state index in [4.69, 9.17) is 4.42 Å². The molecule has 2 heterocycles. The molecule has 0 radical (unpaired) electrons. The smallest absolute Gasteiger partial charge is 0.143 e. The lowest BCUT2D eigenvalue weighted by Gasteiger charge is -2.30. The van der Waals surface area contributed by atoms with Gasteiger partial charge in [0.1, 0.15) is 11.2 Å². The maximum absolute atomic E-state index is 6.61. The summed E-state index contributed by atoms with van der Waals surface area (Å²) in [4.78, 5) is 2.46. The number of benzene rings is 10. The third-order valence-electron chi connectivity index (χ3n) is 12.3. The van der Waals surface area contributed by atoms with Crippen molar-refractivity contribution in [2.24, 2.45) is 0 Å². The molecule has 0 saturated heterocycles. The van der Waals surface area contributed by atoms with Gasteiger partial charge in [0, 0.05) is 53.4 Å². The Morgan fingerprint density at radius 3 is 1.60 bits per heavy atom. The molecule has 0 amide bonds. The molecular weight excluding hydrogens is 783 g/mol. The van der Waals surface area contributed by atoms with Crippen LogP contribution in [0.1, 0.15) is 0 Å². The van der Waals surface area contributed by atoms with Crippen molar-refractivity contribution < 1.29 is 4.42 Å². The number of anilines is 3. The number of fused-ring (bicyclic) bond motifs is 6. The van der Waals surface area contributed by atoms with Crippen LogP contribution in [0.5, 0.6) is 0 Å². The second-order valence-corrected chi connectivity index (χ2v) is 17.0. The number of nitrogens with zero attached hydrogens (tertiary/aromatic N) is 1. The Hall–Kier alpha value is -7.98. The van der Waals surface area contributed by atoms with Gasteiger partial charge in [-0.15, -0.1) is 11.3 Å². The number of hydrogen-bond donors (Lipinski definition) is 0. The molecule has 296 valence electrons. The van der Waals surface area contributed by atoms with Crippen LogP contribution >= 0.6 is 11.3 Å². The minimum absolute atomic E-state index is 0.891.